The molecule has 0 bridgehead atoms. The van der Waals surface area contributed by atoms with E-state index in [0.29, 0.717) is 0 Å². The van der Waals surface area contributed by atoms with Gasteiger partial charge in [0.25, 0.3) is 0 Å². The summed E-state index contributed by atoms with van der Waals surface area (Å²) < 4.78 is 0. The van der Waals surface area contributed by atoms with Gasteiger partial charge in [0.05, 0.1) is 0 Å². The van der Waals surface area contributed by atoms with E-state index in [1.165, 1.54) is 38.5 Å². The highest BCUT2D eigenvalue weighted by Gasteiger charge is 2.08. The average Bonchev–Trinajstić information content (AvgIpc) is 2.70. The number of H-pyrrole nitrogens is 1. The molecule has 0 aliphatic carbocycles. The van der Waals surface area contributed by atoms with Crippen LogP contribution in [0.1, 0.15) is 16.7 Å². The zero-order chi connectivity index (χ0) is 12.7. The number of nitrogens with one attached hydrogen (secondary N) is 1. The molecule has 0 saturated carbocycles. The van der Waals surface area contributed by atoms with E-state index in [1.807, 2.05) is 6.08 Å². The standard InChI is InChI=1S/C17H17N/c1-4-6-13-10-16-15(9-12(13)3)14-8-5-7-11(2)17(14)18-16/h4-5,7-10,18H,1,6H2,2-3H3. The minimum atomic E-state index is 0.927. The van der Waals surface area contributed by atoms with E-state index in [9.17, 15) is 0 Å². The lowest BCUT2D eigenvalue weighted by Gasteiger charge is -2.03. The molecule has 0 aliphatic heterocycles. The van der Waals surface area contributed by atoms with Gasteiger partial charge in [0.15, 0.2) is 0 Å². The maximum absolute atomic E-state index is 3.82. The Hall–Kier alpha value is -2.02. The van der Waals surface area contributed by atoms with E-state index in [1.54, 1.807) is 0 Å². The zero-order valence-corrected chi connectivity index (χ0v) is 10.9. The molecule has 0 fully saturated rings. The SMILES string of the molecule is C=CCc1cc2[nH]c3c(C)cccc3c2cc1C. The van der Waals surface area contributed by atoms with Crippen LogP contribution in [0.3, 0.4) is 0 Å². The Morgan fingerprint density at radius 2 is 1.94 bits per heavy atom. The molecule has 90 valence electrons. The van der Waals surface area contributed by atoms with Gasteiger partial charge in [0.1, 0.15) is 0 Å². The molecule has 1 heteroatoms. The van der Waals surface area contributed by atoms with Crippen molar-refractivity contribution in [3.8, 4) is 0 Å². The molecule has 3 aromatic rings. The second-order valence-electron chi connectivity index (χ2n) is 4.94. The van der Waals surface area contributed by atoms with Crippen LogP contribution in [0.2, 0.25) is 0 Å². The number of fused-ring (bicyclic) bond motifs is 3. The zero-order valence-electron chi connectivity index (χ0n) is 10.9. The van der Waals surface area contributed by atoms with Gasteiger partial charge in [-0.3, -0.25) is 0 Å². The van der Waals surface area contributed by atoms with E-state index in [0.717, 1.165) is 6.42 Å². The van der Waals surface area contributed by atoms with Crippen molar-refractivity contribution in [2.24, 2.45) is 0 Å². The number of hydrogen-bond donors (Lipinski definition) is 1. The van der Waals surface area contributed by atoms with Gasteiger partial charge in [-0.05, 0) is 49.1 Å². The molecule has 1 N–H and O–H groups in total. The summed E-state index contributed by atoms with van der Waals surface area (Å²) in [7, 11) is 0. The number of aromatic amines is 1. The summed E-state index contributed by atoms with van der Waals surface area (Å²) >= 11 is 0. The van der Waals surface area contributed by atoms with Crippen LogP contribution < -0.4 is 0 Å². The summed E-state index contributed by atoms with van der Waals surface area (Å²) in [5.41, 5.74) is 6.46. The fraction of sp³-hybridized carbons (Fsp3) is 0.176. The van der Waals surface area contributed by atoms with Gasteiger partial charge in [-0.2, -0.15) is 0 Å². The topological polar surface area (TPSA) is 15.8 Å². The van der Waals surface area contributed by atoms with Crippen LogP contribution in [0.25, 0.3) is 21.8 Å². The second-order valence-corrected chi connectivity index (χ2v) is 4.94. The van der Waals surface area contributed by atoms with Gasteiger partial charge in [0.2, 0.25) is 0 Å². The highest BCUT2D eigenvalue weighted by molar-refractivity contribution is 6.08. The summed E-state index contributed by atoms with van der Waals surface area (Å²) in [6, 6.07) is 11.0. The van der Waals surface area contributed by atoms with Crippen LogP contribution in [0, 0.1) is 13.8 Å². The van der Waals surface area contributed by atoms with E-state index in [2.05, 4.69) is 55.7 Å². The first kappa shape index (κ1) is 11.1. The first-order valence-corrected chi connectivity index (χ1v) is 6.32. The smallest absolute Gasteiger partial charge is 0.0494 e. The molecule has 1 heterocycles. The first-order valence-electron chi connectivity index (χ1n) is 6.32. The van der Waals surface area contributed by atoms with Crippen molar-refractivity contribution in [2.75, 3.05) is 0 Å². The van der Waals surface area contributed by atoms with Gasteiger partial charge in [-0.15, -0.1) is 6.58 Å². The minimum Gasteiger partial charge on any atom is -0.354 e. The predicted molar refractivity (Wildman–Crippen MR) is 79.2 cm³/mol. The molecule has 0 unspecified atom stereocenters. The minimum absolute atomic E-state index is 0.927. The van der Waals surface area contributed by atoms with E-state index in [-0.39, 0.29) is 0 Å². The monoisotopic (exact) mass is 235 g/mol. The molecule has 0 amide bonds. The fourth-order valence-electron chi connectivity index (χ4n) is 2.65. The van der Waals surface area contributed by atoms with Gasteiger partial charge in [0, 0.05) is 21.8 Å². The van der Waals surface area contributed by atoms with Crippen molar-refractivity contribution in [1.29, 1.82) is 0 Å². The molecule has 2 aromatic carbocycles. The van der Waals surface area contributed by atoms with Crippen LogP contribution in [0.4, 0.5) is 0 Å². The molecule has 3 rings (SSSR count). The average molecular weight is 235 g/mol. The Labute approximate surface area is 107 Å². The summed E-state index contributed by atoms with van der Waals surface area (Å²) in [6.07, 6.45) is 2.89. The third kappa shape index (κ3) is 1.55. The maximum Gasteiger partial charge on any atom is 0.0494 e. The van der Waals surface area contributed by atoms with Crippen LogP contribution in [0.5, 0.6) is 0 Å². The number of hydrogen-bond acceptors (Lipinski definition) is 0. The molecule has 0 spiro atoms. The van der Waals surface area contributed by atoms with Crippen molar-refractivity contribution in [3.63, 3.8) is 0 Å². The summed E-state index contributed by atoms with van der Waals surface area (Å²) in [5.74, 6) is 0. The van der Waals surface area contributed by atoms with E-state index >= 15 is 0 Å². The van der Waals surface area contributed by atoms with Gasteiger partial charge in [-0.25, -0.2) is 0 Å². The largest absolute Gasteiger partial charge is 0.354 e. The third-order valence-corrected chi connectivity index (χ3v) is 3.66. The predicted octanol–water partition coefficient (Wildman–Crippen LogP) is 4.67. The number of benzene rings is 2. The molecule has 0 radical (unpaired) electrons. The molecule has 1 nitrogen and oxygen atoms in total. The number of allylic oxidation sites excluding steroid dienone is 1. The second kappa shape index (κ2) is 4.02. The van der Waals surface area contributed by atoms with Crippen molar-refractivity contribution in [1.82, 2.24) is 4.98 Å². The molecular weight excluding hydrogens is 218 g/mol. The number of aryl methyl sites for hydroxylation is 2. The highest BCUT2D eigenvalue weighted by Crippen LogP contribution is 2.29. The van der Waals surface area contributed by atoms with Gasteiger partial charge >= 0.3 is 0 Å². The van der Waals surface area contributed by atoms with E-state index in [4.69, 9.17) is 0 Å². The van der Waals surface area contributed by atoms with Crippen molar-refractivity contribution < 1.29 is 0 Å². The normalized spacial score (nSPS) is 11.2. The molecular formula is C17H17N. The summed E-state index contributed by atoms with van der Waals surface area (Å²) in [4.78, 5) is 3.54. The van der Waals surface area contributed by atoms with Crippen LogP contribution in [-0.4, -0.2) is 4.98 Å². The maximum atomic E-state index is 3.82. The number of aromatic nitrogens is 1. The number of rotatable bonds is 2. The Kier molecular flexibility index (Phi) is 2.48. The lowest BCUT2D eigenvalue weighted by Crippen LogP contribution is -1.86. The number of para-hydroxylation sites is 1. The lowest BCUT2D eigenvalue weighted by molar-refractivity contribution is 1.23. The van der Waals surface area contributed by atoms with E-state index < -0.39 is 0 Å². The van der Waals surface area contributed by atoms with Crippen molar-refractivity contribution >= 4 is 21.8 Å². The quantitative estimate of drug-likeness (QED) is 0.621. The van der Waals surface area contributed by atoms with Crippen molar-refractivity contribution in [3.05, 3.63) is 59.7 Å². The van der Waals surface area contributed by atoms with Gasteiger partial charge in [-0.1, -0.05) is 24.3 Å². The van der Waals surface area contributed by atoms with Gasteiger partial charge < -0.3 is 4.98 Å². The first-order chi connectivity index (χ1) is 8.70. The van der Waals surface area contributed by atoms with Crippen molar-refractivity contribution in [2.45, 2.75) is 20.3 Å². The highest BCUT2D eigenvalue weighted by atomic mass is 14.7. The summed E-state index contributed by atoms with van der Waals surface area (Å²) in [6.45, 7) is 8.15. The Balaban J connectivity index is 2.40. The Morgan fingerprint density at radius 3 is 2.72 bits per heavy atom. The molecule has 18 heavy (non-hydrogen) atoms. The molecule has 1 aromatic heterocycles. The van der Waals surface area contributed by atoms with Crippen LogP contribution in [0.15, 0.2) is 43.0 Å². The third-order valence-electron chi connectivity index (χ3n) is 3.66. The summed E-state index contributed by atoms with van der Waals surface area (Å²) in [5, 5.41) is 2.64. The van der Waals surface area contributed by atoms with Crippen LogP contribution >= 0.6 is 0 Å². The fourth-order valence-corrected chi connectivity index (χ4v) is 2.65. The Morgan fingerprint density at radius 1 is 1.11 bits per heavy atom. The molecule has 0 aliphatic rings. The lowest BCUT2D eigenvalue weighted by atomic mass is 10.0. The van der Waals surface area contributed by atoms with Crippen LogP contribution in [-0.2, 0) is 6.42 Å². The molecule has 0 saturated heterocycles. The Bertz CT molecular complexity index is 747. The molecule has 0 atom stereocenters.